The Bertz CT molecular complexity index is 718. The van der Waals surface area contributed by atoms with Gasteiger partial charge in [0.1, 0.15) is 5.82 Å². The van der Waals surface area contributed by atoms with Crippen molar-refractivity contribution in [3.05, 3.63) is 65.5 Å². The molecule has 0 aromatic heterocycles. The van der Waals surface area contributed by atoms with E-state index in [0.717, 1.165) is 10.6 Å². The van der Waals surface area contributed by atoms with Gasteiger partial charge in [-0.3, -0.25) is 4.79 Å². The Labute approximate surface area is 134 Å². The number of hydrogen-bond donors (Lipinski definition) is 1. The van der Waals surface area contributed by atoms with E-state index in [9.17, 15) is 9.18 Å². The van der Waals surface area contributed by atoms with Gasteiger partial charge in [-0.2, -0.15) is 0 Å². The molecule has 2 nitrogen and oxygen atoms in total. The summed E-state index contributed by atoms with van der Waals surface area (Å²) in [6.45, 7) is 2.22. The Morgan fingerprint density at radius 2 is 1.91 bits per heavy atom. The predicted octanol–water partition coefficient (Wildman–Crippen LogP) is 3.72. The van der Waals surface area contributed by atoms with Gasteiger partial charge in [-0.15, -0.1) is 11.8 Å². The molecule has 22 heavy (non-hydrogen) atoms. The third kappa shape index (κ3) is 4.37. The van der Waals surface area contributed by atoms with Crippen molar-refractivity contribution in [1.82, 2.24) is 5.32 Å². The third-order valence-electron chi connectivity index (χ3n) is 2.87. The number of rotatable bonds is 4. The smallest absolute Gasteiger partial charge is 0.253 e. The van der Waals surface area contributed by atoms with Crippen molar-refractivity contribution in [2.24, 2.45) is 0 Å². The van der Waals surface area contributed by atoms with Crippen LogP contribution in [0.25, 0.3) is 0 Å². The molecule has 0 saturated heterocycles. The van der Waals surface area contributed by atoms with Crippen LogP contribution in [0.5, 0.6) is 0 Å². The average Bonchev–Trinajstić information content (AvgIpc) is 2.54. The zero-order chi connectivity index (χ0) is 15.8. The second-order valence-corrected chi connectivity index (χ2v) is 5.70. The maximum atomic E-state index is 13.4. The number of thioether (sulfide) groups is 1. The van der Waals surface area contributed by atoms with E-state index in [2.05, 4.69) is 17.2 Å². The fraction of sp³-hybridized carbons (Fsp3) is 0.167. The molecule has 4 heteroatoms. The highest BCUT2D eigenvalue weighted by Crippen LogP contribution is 2.21. The standard InChI is InChI=1S/C18H16FNOS/c1-2-22-17-12-6-4-10-15(17)18(21)20-13-7-9-14-8-3-5-11-16(14)19/h3-6,8,10-12H,2,13H2,1H3,(H,20,21). The lowest BCUT2D eigenvalue weighted by molar-refractivity contribution is 0.0956. The highest BCUT2D eigenvalue weighted by Gasteiger charge is 2.09. The zero-order valence-electron chi connectivity index (χ0n) is 12.2. The van der Waals surface area contributed by atoms with E-state index in [4.69, 9.17) is 0 Å². The number of carbonyl (C=O) groups excluding carboxylic acids is 1. The fourth-order valence-electron chi connectivity index (χ4n) is 1.86. The summed E-state index contributed by atoms with van der Waals surface area (Å²) in [4.78, 5) is 13.1. The summed E-state index contributed by atoms with van der Waals surface area (Å²) in [5.41, 5.74) is 0.973. The number of benzene rings is 2. The van der Waals surface area contributed by atoms with Gasteiger partial charge in [0.2, 0.25) is 0 Å². The topological polar surface area (TPSA) is 29.1 Å². The van der Waals surface area contributed by atoms with E-state index in [0.29, 0.717) is 11.1 Å². The number of carbonyl (C=O) groups is 1. The summed E-state index contributed by atoms with van der Waals surface area (Å²) >= 11 is 1.62. The van der Waals surface area contributed by atoms with Crippen molar-refractivity contribution < 1.29 is 9.18 Å². The van der Waals surface area contributed by atoms with Gasteiger partial charge in [0.25, 0.3) is 5.91 Å². The van der Waals surface area contributed by atoms with Crippen LogP contribution in [0, 0.1) is 17.7 Å². The second-order valence-electron chi connectivity index (χ2n) is 4.39. The van der Waals surface area contributed by atoms with E-state index in [1.165, 1.54) is 6.07 Å². The van der Waals surface area contributed by atoms with Gasteiger partial charge < -0.3 is 5.32 Å². The van der Waals surface area contributed by atoms with Gasteiger partial charge in [-0.05, 0) is 30.0 Å². The van der Waals surface area contributed by atoms with Crippen molar-refractivity contribution >= 4 is 17.7 Å². The van der Waals surface area contributed by atoms with Crippen molar-refractivity contribution in [1.29, 1.82) is 0 Å². The first kappa shape index (κ1) is 16.1. The summed E-state index contributed by atoms with van der Waals surface area (Å²) < 4.78 is 13.4. The molecule has 0 radical (unpaired) electrons. The Hall–Kier alpha value is -2.25. The Balaban J connectivity index is 1.98. The number of nitrogens with one attached hydrogen (secondary N) is 1. The molecule has 0 unspecified atom stereocenters. The molecule has 1 N–H and O–H groups in total. The van der Waals surface area contributed by atoms with Gasteiger partial charge >= 0.3 is 0 Å². The first-order valence-corrected chi connectivity index (χ1v) is 7.94. The monoisotopic (exact) mass is 313 g/mol. The molecule has 0 aliphatic carbocycles. The molecule has 0 aliphatic heterocycles. The molecule has 0 heterocycles. The number of halogens is 1. The van der Waals surface area contributed by atoms with Gasteiger partial charge in [0.15, 0.2) is 0 Å². The van der Waals surface area contributed by atoms with Crippen molar-refractivity contribution in [3.63, 3.8) is 0 Å². The lowest BCUT2D eigenvalue weighted by atomic mass is 10.2. The minimum absolute atomic E-state index is 0.167. The fourth-order valence-corrected chi connectivity index (χ4v) is 2.66. The highest BCUT2D eigenvalue weighted by molar-refractivity contribution is 7.99. The van der Waals surface area contributed by atoms with Crippen molar-refractivity contribution in [2.75, 3.05) is 12.3 Å². The van der Waals surface area contributed by atoms with Crippen LogP contribution >= 0.6 is 11.8 Å². The Morgan fingerprint density at radius 3 is 2.68 bits per heavy atom. The van der Waals surface area contributed by atoms with E-state index in [1.807, 2.05) is 25.1 Å². The normalized spacial score (nSPS) is 9.73. The van der Waals surface area contributed by atoms with Crippen LogP contribution in [0.4, 0.5) is 4.39 Å². The lowest BCUT2D eigenvalue weighted by Gasteiger charge is -2.07. The van der Waals surface area contributed by atoms with Crippen LogP contribution in [0.15, 0.2) is 53.4 Å². The molecule has 1 amide bonds. The zero-order valence-corrected chi connectivity index (χ0v) is 13.0. The van der Waals surface area contributed by atoms with Crippen molar-refractivity contribution in [3.8, 4) is 11.8 Å². The maximum absolute atomic E-state index is 13.4. The summed E-state index contributed by atoms with van der Waals surface area (Å²) in [5.74, 6) is 5.86. The van der Waals surface area contributed by atoms with Gasteiger partial charge in [0, 0.05) is 4.90 Å². The largest absolute Gasteiger partial charge is 0.341 e. The molecular formula is C18H16FNOS. The molecule has 0 atom stereocenters. The quantitative estimate of drug-likeness (QED) is 0.688. The third-order valence-corrected chi connectivity index (χ3v) is 3.82. The lowest BCUT2D eigenvalue weighted by Crippen LogP contribution is -2.24. The van der Waals surface area contributed by atoms with Crippen LogP contribution in [0.2, 0.25) is 0 Å². The molecule has 0 aliphatic rings. The molecule has 0 bridgehead atoms. The molecule has 2 aromatic rings. The van der Waals surface area contributed by atoms with Crippen molar-refractivity contribution in [2.45, 2.75) is 11.8 Å². The Morgan fingerprint density at radius 1 is 1.18 bits per heavy atom. The predicted molar refractivity (Wildman–Crippen MR) is 88.5 cm³/mol. The molecule has 0 fully saturated rings. The molecule has 0 spiro atoms. The van der Waals surface area contributed by atoms with Crippen LogP contribution in [-0.4, -0.2) is 18.2 Å². The summed E-state index contributed by atoms with van der Waals surface area (Å²) in [7, 11) is 0. The first-order chi connectivity index (χ1) is 10.7. The average molecular weight is 313 g/mol. The van der Waals surface area contributed by atoms with Gasteiger partial charge in [-0.25, -0.2) is 4.39 Å². The second kappa shape index (κ2) is 8.26. The number of amides is 1. The summed E-state index contributed by atoms with van der Waals surface area (Å²) in [5, 5.41) is 2.74. The minimum Gasteiger partial charge on any atom is -0.341 e. The van der Waals surface area contributed by atoms with Crippen LogP contribution < -0.4 is 5.32 Å². The summed E-state index contributed by atoms with van der Waals surface area (Å²) in [6.07, 6.45) is 0. The first-order valence-electron chi connectivity index (χ1n) is 6.95. The van der Waals surface area contributed by atoms with Gasteiger partial charge in [0.05, 0.1) is 17.7 Å². The van der Waals surface area contributed by atoms with E-state index >= 15 is 0 Å². The van der Waals surface area contributed by atoms with Crippen LogP contribution in [-0.2, 0) is 0 Å². The Kier molecular flexibility index (Phi) is 6.05. The molecule has 112 valence electrons. The SMILES string of the molecule is CCSc1ccccc1C(=O)NCC#Cc1ccccc1F. The number of hydrogen-bond acceptors (Lipinski definition) is 2. The van der Waals surface area contributed by atoms with E-state index in [1.54, 1.807) is 36.0 Å². The maximum Gasteiger partial charge on any atom is 0.253 e. The highest BCUT2D eigenvalue weighted by atomic mass is 32.2. The molecule has 0 saturated carbocycles. The van der Waals surface area contributed by atoms with Crippen LogP contribution in [0.3, 0.4) is 0 Å². The molecule has 2 aromatic carbocycles. The minimum atomic E-state index is -0.356. The van der Waals surface area contributed by atoms with Crippen LogP contribution in [0.1, 0.15) is 22.8 Å². The molecular weight excluding hydrogens is 297 g/mol. The van der Waals surface area contributed by atoms with E-state index < -0.39 is 0 Å². The van der Waals surface area contributed by atoms with E-state index in [-0.39, 0.29) is 18.3 Å². The molecule has 2 rings (SSSR count). The summed E-state index contributed by atoms with van der Waals surface area (Å²) in [6, 6.07) is 13.8. The van der Waals surface area contributed by atoms with Gasteiger partial charge in [-0.1, -0.05) is 43.0 Å².